The average molecular weight is 520 g/mol. The molecule has 0 saturated carbocycles. The zero-order valence-electron chi connectivity index (χ0n) is 13.5. The Bertz CT molecular complexity index is 732. The first-order chi connectivity index (χ1) is 10.7. The monoisotopic (exact) mass is 520 g/mol. The van der Waals surface area contributed by atoms with Gasteiger partial charge in [-0.1, -0.05) is 12.1 Å². The Morgan fingerprint density at radius 1 is 1.13 bits per heavy atom. The predicted molar refractivity (Wildman–Crippen MR) is 99.8 cm³/mol. The summed E-state index contributed by atoms with van der Waals surface area (Å²) in [6.07, 6.45) is 0. The van der Waals surface area contributed by atoms with Gasteiger partial charge in [0.25, 0.3) is 0 Å². The molecule has 1 saturated heterocycles. The van der Waals surface area contributed by atoms with E-state index in [9.17, 15) is 0 Å². The van der Waals surface area contributed by atoms with E-state index in [2.05, 4.69) is 59.4 Å². The maximum absolute atomic E-state index is 5.01. The first-order valence-electron chi connectivity index (χ1n) is 7.70. The largest absolute Gasteiger partial charge is 0.353 e. The number of para-hydroxylation sites is 2. The molecule has 23 heavy (non-hydrogen) atoms. The average Bonchev–Trinajstić information content (AvgIpc) is 2.80. The number of thiophene rings is 1. The van der Waals surface area contributed by atoms with E-state index in [4.69, 9.17) is 4.99 Å². The summed E-state index contributed by atoms with van der Waals surface area (Å²) in [7, 11) is 2.18. The maximum Gasteiger partial charge on any atom is 0.139 e. The normalized spacial score (nSPS) is 17.3. The van der Waals surface area contributed by atoms with Gasteiger partial charge >= 0.3 is 0 Å². The Hall–Kier alpha value is -0.928. The van der Waals surface area contributed by atoms with Crippen LogP contribution in [0.4, 0.5) is 16.4 Å². The van der Waals surface area contributed by atoms with E-state index in [1.54, 1.807) is 11.3 Å². The van der Waals surface area contributed by atoms with Gasteiger partial charge in [0.05, 0.1) is 16.9 Å². The number of likely N-dealkylation sites (N-methyl/N-ethyl adjacent to an activating group) is 1. The van der Waals surface area contributed by atoms with Gasteiger partial charge in [-0.25, -0.2) is 4.99 Å². The van der Waals surface area contributed by atoms with Crippen molar-refractivity contribution in [3.8, 4) is 0 Å². The number of piperazine rings is 1. The molecule has 1 N–H and O–H groups in total. The topological polar surface area (TPSA) is 30.9 Å². The molecule has 0 aliphatic carbocycles. The van der Waals surface area contributed by atoms with Crippen LogP contribution in [0.5, 0.6) is 0 Å². The third kappa shape index (κ3) is 3.32. The first-order valence-corrected chi connectivity index (χ1v) is 8.51. The van der Waals surface area contributed by atoms with Crippen molar-refractivity contribution in [2.45, 2.75) is 6.92 Å². The summed E-state index contributed by atoms with van der Waals surface area (Å²) in [5.74, 6) is 1.12. The smallest absolute Gasteiger partial charge is 0.139 e. The molecule has 0 amide bonds. The second kappa shape index (κ2) is 6.90. The fourth-order valence-electron chi connectivity index (χ4n) is 3.01. The Balaban J connectivity index is 0.00000156. The molecule has 0 atom stereocenters. The van der Waals surface area contributed by atoms with Gasteiger partial charge in [-0.05, 0) is 32.2 Å². The summed E-state index contributed by atoms with van der Waals surface area (Å²) in [5.41, 5.74) is 3.36. The van der Waals surface area contributed by atoms with Crippen molar-refractivity contribution in [2.75, 3.05) is 38.5 Å². The van der Waals surface area contributed by atoms with Crippen LogP contribution in [0.1, 0.15) is 10.4 Å². The number of hydrogen-bond acceptors (Lipinski definition) is 5. The molecule has 0 bridgehead atoms. The summed E-state index contributed by atoms with van der Waals surface area (Å²) in [4.78, 5) is 11.1. The number of benzene rings is 1. The molecule has 4 nitrogen and oxygen atoms in total. The van der Waals surface area contributed by atoms with Crippen LogP contribution in [0, 0.1) is 6.92 Å². The van der Waals surface area contributed by atoms with E-state index in [0.717, 1.165) is 43.4 Å². The number of fused-ring (bicyclic) bond motifs is 2. The molecular formula is C17H20N4PbS. The Morgan fingerprint density at radius 3 is 2.65 bits per heavy atom. The zero-order valence-corrected chi connectivity index (χ0v) is 18.2. The summed E-state index contributed by atoms with van der Waals surface area (Å²) >= 11 is 1.81. The second-order valence-electron chi connectivity index (χ2n) is 5.97. The van der Waals surface area contributed by atoms with Gasteiger partial charge in [-0.2, -0.15) is 0 Å². The van der Waals surface area contributed by atoms with Gasteiger partial charge in [0.1, 0.15) is 10.8 Å². The van der Waals surface area contributed by atoms with Crippen LogP contribution in [0.3, 0.4) is 0 Å². The molecule has 2 aliphatic rings. The molecule has 6 heteroatoms. The van der Waals surface area contributed by atoms with Crippen LogP contribution in [0.2, 0.25) is 0 Å². The minimum Gasteiger partial charge on any atom is -0.353 e. The van der Waals surface area contributed by atoms with Crippen molar-refractivity contribution in [3.05, 3.63) is 40.8 Å². The Kier molecular flexibility index (Phi) is 5.08. The molecule has 2 aromatic rings. The summed E-state index contributed by atoms with van der Waals surface area (Å²) in [6, 6.07) is 10.6. The van der Waals surface area contributed by atoms with Crippen LogP contribution in [0.25, 0.3) is 0 Å². The van der Waals surface area contributed by atoms with Crippen molar-refractivity contribution in [2.24, 2.45) is 4.99 Å². The first kappa shape index (κ1) is 16.9. The van der Waals surface area contributed by atoms with Gasteiger partial charge in [0.2, 0.25) is 0 Å². The quantitative estimate of drug-likeness (QED) is 0.543. The minimum absolute atomic E-state index is 0. The number of nitrogens with one attached hydrogen (secondary N) is 1. The molecule has 1 aromatic heterocycles. The van der Waals surface area contributed by atoms with Crippen LogP contribution in [-0.4, -0.2) is 76.2 Å². The van der Waals surface area contributed by atoms with Crippen molar-refractivity contribution in [3.63, 3.8) is 0 Å². The summed E-state index contributed by atoms with van der Waals surface area (Å²) < 4.78 is 0. The minimum atomic E-state index is 0. The van der Waals surface area contributed by atoms with Gasteiger partial charge in [-0.15, -0.1) is 11.3 Å². The SMILES string of the molecule is Cc1cc2c(s1)Nc1ccccc1N=C2N1CCN(C)CC1.[Pb]. The molecule has 4 rings (SSSR count). The van der Waals surface area contributed by atoms with Crippen molar-refractivity contribution in [1.29, 1.82) is 0 Å². The number of rotatable bonds is 0. The molecule has 4 radical (unpaired) electrons. The van der Waals surface area contributed by atoms with Gasteiger partial charge in [-0.3, -0.25) is 0 Å². The van der Waals surface area contributed by atoms with Gasteiger partial charge < -0.3 is 15.1 Å². The second-order valence-corrected chi connectivity index (χ2v) is 7.22. The standard InChI is InChI=1S/C17H20N4S.Pb/c1-12-11-13-16(21-9-7-20(2)8-10-21)18-14-5-3-4-6-15(14)19-17(13)22-12;/h3-6,11,19H,7-10H2,1-2H3;. The molecule has 0 spiro atoms. The third-order valence-electron chi connectivity index (χ3n) is 4.28. The number of amidine groups is 1. The molecule has 2 aliphatic heterocycles. The molecule has 1 aromatic carbocycles. The van der Waals surface area contributed by atoms with E-state index in [1.165, 1.54) is 15.4 Å². The molecular weight excluding hydrogens is 499 g/mol. The summed E-state index contributed by atoms with van der Waals surface area (Å²) in [6.45, 7) is 6.41. The summed E-state index contributed by atoms with van der Waals surface area (Å²) in [5, 5.41) is 4.78. The zero-order chi connectivity index (χ0) is 15.1. The van der Waals surface area contributed by atoms with Crippen molar-refractivity contribution in [1.82, 2.24) is 9.80 Å². The number of nitrogens with zero attached hydrogens (tertiary/aromatic N) is 3. The number of hydrogen-bond donors (Lipinski definition) is 1. The van der Waals surface area contributed by atoms with Crippen molar-refractivity contribution >= 4 is 60.8 Å². The van der Waals surface area contributed by atoms with Gasteiger partial charge in [0.15, 0.2) is 0 Å². The molecule has 1 fully saturated rings. The van der Waals surface area contributed by atoms with E-state index in [-0.39, 0.29) is 27.3 Å². The van der Waals surface area contributed by atoms with Crippen LogP contribution >= 0.6 is 11.3 Å². The fourth-order valence-corrected chi connectivity index (χ4v) is 3.93. The number of aliphatic imine (C=N–C) groups is 1. The van der Waals surface area contributed by atoms with E-state index >= 15 is 0 Å². The molecule has 0 unspecified atom stereocenters. The van der Waals surface area contributed by atoms with Gasteiger partial charge in [0, 0.05) is 58.4 Å². The van der Waals surface area contributed by atoms with Crippen LogP contribution in [-0.2, 0) is 0 Å². The van der Waals surface area contributed by atoms with E-state index < -0.39 is 0 Å². The Labute approximate surface area is 161 Å². The van der Waals surface area contributed by atoms with E-state index in [0.29, 0.717) is 0 Å². The van der Waals surface area contributed by atoms with E-state index in [1.807, 2.05) is 0 Å². The molecule has 118 valence electrons. The van der Waals surface area contributed by atoms with Crippen LogP contribution < -0.4 is 5.32 Å². The third-order valence-corrected chi connectivity index (χ3v) is 5.24. The Morgan fingerprint density at radius 2 is 1.87 bits per heavy atom. The van der Waals surface area contributed by atoms with Crippen LogP contribution in [0.15, 0.2) is 35.3 Å². The maximum atomic E-state index is 5.01. The molecule has 3 heterocycles. The fraction of sp³-hybridized carbons (Fsp3) is 0.353. The van der Waals surface area contributed by atoms with Crippen molar-refractivity contribution < 1.29 is 0 Å². The number of aryl methyl sites for hydroxylation is 1. The number of anilines is 2. The predicted octanol–water partition coefficient (Wildman–Crippen LogP) is 3.06.